The second-order valence-corrected chi connectivity index (χ2v) is 5.88. The monoisotopic (exact) mass is 263 g/mol. The molecule has 0 unspecified atom stereocenters. The first-order valence-electron chi connectivity index (χ1n) is 6.50. The molecule has 4 heteroatoms. The first-order chi connectivity index (χ1) is 8.63. The highest BCUT2D eigenvalue weighted by atomic mass is 35.5. The van der Waals surface area contributed by atoms with E-state index in [1.165, 1.54) is 11.3 Å². The second kappa shape index (κ2) is 4.56. The number of halogens is 1. The Labute approximate surface area is 112 Å². The van der Waals surface area contributed by atoms with E-state index in [0.717, 1.165) is 36.7 Å². The van der Waals surface area contributed by atoms with Crippen LogP contribution in [0.2, 0.25) is 5.02 Å². The Kier molecular flexibility index (Phi) is 3.04. The van der Waals surface area contributed by atoms with Gasteiger partial charge in [-0.15, -0.1) is 0 Å². The Bertz CT molecular complexity index is 574. The summed E-state index contributed by atoms with van der Waals surface area (Å²) in [5.41, 5.74) is 2.22. The van der Waals surface area contributed by atoms with Gasteiger partial charge >= 0.3 is 0 Å². The zero-order valence-electron chi connectivity index (χ0n) is 10.9. The predicted molar refractivity (Wildman–Crippen MR) is 74.9 cm³/mol. The smallest absolute Gasteiger partial charge is 0.124 e. The minimum absolute atomic E-state index is 0.704. The summed E-state index contributed by atoms with van der Waals surface area (Å²) in [6.07, 6.45) is 0. The summed E-state index contributed by atoms with van der Waals surface area (Å²) >= 11 is 6.02. The van der Waals surface area contributed by atoms with Crippen LogP contribution in [0, 0.1) is 5.92 Å². The molecule has 3 nitrogen and oxygen atoms in total. The van der Waals surface area contributed by atoms with Gasteiger partial charge in [0.25, 0.3) is 0 Å². The van der Waals surface area contributed by atoms with Crippen LogP contribution in [0.3, 0.4) is 0 Å². The highest BCUT2D eigenvalue weighted by molar-refractivity contribution is 6.31. The van der Waals surface area contributed by atoms with Gasteiger partial charge in [0.15, 0.2) is 0 Å². The molecule has 0 saturated carbocycles. The topological polar surface area (TPSA) is 21.1 Å². The molecule has 0 atom stereocenters. The molecule has 1 aliphatic heterocycles. The van der Waals surface area contributed by atoms with Crippen molar-refractivity contribution in [3.8, 4) is 0 Å². The summed E-state index contributed by atoms with van der Waals surface area (Å²) in [6.45, 7) is 8.75. The number of hydrogen-bond donors (Lipinski definition) is 0. The summed E-state index contributed by atoms with van der Waals surface area (Å²) in [5, 5.41) is 0.761. The van der Waals surface area contributed by atoms with Gasteiger partial charge in [0.2, 0.25) is 0 Å². The first kappa shape index (κ1) is 12.0. The van der Waals surface area contributed by atoms with Crippen LogP contribution in [-0.2, 0) is 13.1 Å². The van der Waals surface area contributed by atoms with Gasteiger partial charge in [-0.2, -0.15) is 0 Å². The van der Waals surface area contributed by atoms with Crippen molar-refractivity contribution in [1.29, 1.82) is 0 Å². The lowest BCUT2D eigenvalue weighted by Gasteiger charge is -2.29. The van der Waals surface area contributed by atoms with Crippen LogP contribution < -0.4 is 0 Å². The summed E-state index contributed by atoms with van der Waals surface area (Å²) in [6, 6.07) is 5.97. The molecule has 0 bridgehead atoms. The van der Waals surface area contributed by atoms with Crippen molar-refractivity contribution in [3.63, 3.8) is 0 Å². The molecule has 1 aromatic heterocycles. The molecule has 1 aliphatic rings. The maximum atomic E-state index is 6.02. The normalized spacial score (nSPS) is 16.4. The molecule has 0 radical (unpaired) electrons. The highest BCUT2D eigenvalue weighted by Crippen LogP contribution is 2.23. The number of fused-ring (bicyclic) bond motifs is 3. The molecule has 3 rings (SSSR count). The minimum Gasteiger partial charge on any atom is -0.326 e. The number of aromatic nitrogens is 2. The standard InChI is InChI=1S/C14H18ClN3/c1-10(2)8-17-5-6-18-13-4-3-11(15)7-12(13)16-14(18)9-17/h3-4,7,10H,5-6,8-9H2,1-2H3. The van der Waals surface area contributed by atoms with Crippen LogP contribution in [0.15, 0.2) is 18.2 Å². The fourth-order valence-electron chi connectivity index (χ4n) is 2.72. The summed E-state index contributed by atoms with van der Waals surface area (Å²) in [5.74, 6) is 1.87. The molecule has 1 aromatic carbocycles. The van der Waals surface area contributed by atoms with Crippen molar-refractivity contribution in [2.75, 3.05) is 13.1 Å². The third kappa shape index (κ3) is 2.13. The predicted octanol–water partition coefficient (Wildman–Crippen LogP) is 3.16. The van der Waals surface area contributed by atoms with Gasteiger partial charge in [-0.25, -0.2) is 4.98 Å². The van der Waals surface area contributed by atoms with Gasteiger partial charge in [0.1, 0.15) is 5.82 Å². The molecule has 0 spiro atoms. The third-order valence-electron chi connectivity index (χ3n) is 3.42. The van der Waals surface area contributed by atoms with E-state index in [-0.39, 0.29) is 0 Å². The van der Waals surface area contributed by atoms with Crippen LogP contribution in [0.1, 0.15) is 19.7 Å². The van der Waals surface area contributed by atoms with Crippen LogP contribution in [0.4, 0.5) is 0 Å². The van der Waals surface area contributed by atoms with Gasteiger partial charge in [0.05, 0.1) is 17.6 Å². The Morgan fingerprint density at radius 2 is 2.17 bits per heavy atom. The lowest BCUT2D eigenvalue weighted by atomic mass is 10.2. The maximum Gasteiger partial charge on any atom is 0.124 e. The van der Waals surface area contributed by atoms with E-state index in [1.54, 1.807) is 0 Å². The van der Waals surface area contributed by atoms with E-state index >= 15 is 0 Å². The molecule has 0 saturated heterocycles. The molecule has 2 aromatic rings. The largest absolute Gasteiger partial charge is 0.326 e. The number of imidazole rings is 1. The average molecular weight is 264 g/mol. The lowest BCUT2D eigenvalue weighted by molar-refractivity contribution is 0.197. The second-order valence-electron chi connectivity index (χ2n) is 5.44. The van der Waals surface area contributed by atoms with Crippen LogP contribution in [-0.4, -0.2) is 27.5 Å². The number of hydrogen-bond acceptors (Lipinski definition) is 2. The fraction of sp³-hybridized carbons (Fsp3) is 0.500. The third-order valence-corrected chi connectivity index (χ3v) is 3.65. The zero-order chi connectivity index (χ0) is 12.7. The first-order valence-corrected chi connectivity index (χ1v) is 6.88. The number of benzene rings is 1. The van der Waals surface area contributed by atoms with Crippen molar-refractivity contribution in [2.24, 2.45) is 5.92 Å². The molecule has 2 heterocycles. The van der Waals surface area contributed by atoms with Crippen LogP contribution >= 0.6 is 11.6 Å². The summed E-state index contributed by atoms with van der Waals surface area (Å²) in [4.78, 5) is 7.19. The Morgan fingerprint density at radius 3 is 2.94 bits per heavy atom. The molecule has 0 amide bonds. The Hall–Kier alpha value is -1.06. The van der Waals surface area contributed by atoms with E-state index in [9.17, 15) is 0 Å². The molecule has 96 valence electrons. The number of nitrogens with zero attached hydrogens (tertiary/aromatic N) is 3. The van der Waals surface area contributed by atoms with E-state index < -0.39 is 0 Å². The van der Waals surface area contributed by atoms with E-state index in [0.29, 0.717) is 5.92 Å². The molecule has 18 heavy (non-hydrogen) atoms. The van der Waals surface area contributed by atoms with E-state index in [2.05, 4.69) is 29.4 Å². The van der Waals surface area contributed by atoms with Crippen molar-refractivity contribution in [2.45, 2.75) is 26.9 Å². The van der Waals surface area contributed by atoms with E-state index in [4.69, 9.17) is 16.6 Å². The van der Waals surface area contributed by atoms with Gasteiger partial charge in [-0.05, 0) is 24.1 Å². The van der Waals surface area contributed by atoms with Crippen LogP contribution in [0.5, 0.6) is 0 Å². The Balaban J connectivity index is 1.94. The highest BCUT2D eigenvalue weighted by Gasteiger charge is 2.20. The van der Waals surface area contributed by atoms with Crippen molar-refractivity contribution >= 4 is 22.6 Å². The molecule has 0 aliphatic carbocycles. The van der Waals surface area contributed by atoms with Crippen molar-refractivity contribution in [3.05, 3.63) is 29.0 Å². The molecule has 0 fully saturated rings. The van der Waals surface area contributed by atoms with E-state index in [1.807, 2.05) is 12.1 Å². The van der Waals surface area contributed by atoms with Gasteiger partial charge in [0, 0.05) is 24.7 Å². The van der Waals surface area contributed by atoms with Crippen molar-refractivity contribution < 1.29 is 0 Å². The minimum atomic E-state index is 0.704. The zero-order valence-corrected chi connectivity index (χ0v) is 11.6. The van der Waals surface area contributed by atoms with Gasteiger partial charge in [-0.1, -0.05) is 25.4 Å². The van der Waals surface area contributed by atoms with Gasteiger partial charge in [-0.3, -0.25) is 4.90 Å². The Morgan fingerprint density at radius 1 is 1.33 bits per heavy atom. The fourth-order valence-corrected chi connectivity index (χ4v) is 2.88. The average Bonchev–Trinajstić information content (AvgIpc) is 2.64. The molecular formula is C14H18ClN3. The van der Waals surface area contributed by atoms with Crippen molar-refractivity contribution in [1.82, 2.24) is 14.5 Å². The maximum absolute atomic E-state index is 6.02. The molecular weight excluding hydrogens is 246 g/mol. The quantitative estimate of drug-likeness (QED) is 0.830. The number of rotatable bonds is 2. The summed E-state index contributed by atoms with van der Waals surface area (Å²) in [7, 11) is 0. The lowest BCUT2D eigenvalue weighted by Crippen LogP contribution is -2.36. The summed E-state index contributed by atoms with van der Waals surface area (Å²) < 4.78 is 2.32. The molecule has 0 N–H and O–H groups in total. The van der Waals surface area contributed by atoms with Gasteiger partial charge < -0.3 is 4.57 Å². The van der Waals surface area contributed by atoms with Crippen LogP contribution in [0.25, 0.3) is 11.0 Å². The SMILES string of the molecule is CC(C)CN1CCn2c(nc3cc(Cl)ccc32)C1.